The van der Waals surface area contributed by atoms with Crippen LogP contribution in [0.15, 0.2) is 48.8 Å². The minimum absolute atomic E-state index is 0.0846. The summed E-state index contributed by atoms with van der Waals surface area (Å²) in [5.74, 6) is 0.792. The molecule has 0 spiro atoms. The molecule has 30 heavy (non-hydrogen) atoms. The molecule has 1 unspecified atom stereocenters. The van der Waals surface area contributed by atoms with Gasteiger partial charge in [-0.2, -0.15) is 0 Å². The van der Waals surface area contributed by atoms with E-state index in [1.54, 1.807) is 10.2 Å². The first-order valence-electron chi connectivity index (χ1n) is 10.1. The van der Waals surface area contributed by atoms with Crippen LogP contribution < -0.4 is 15.3 Å². The smallest absolute Gasteiger partial charge is 0.169 e. The molecule has 5 rings (SSSR count). The van der Waals surface area contributed by atoms with E-state index in [0.717, 1.165) is 41.2 Å². The lowest BCUT2D eigenvalue weighted by Crippen LogP contribution is -2.37. The number of nitrogens with one attached hydrogen (secondary N) is 1. The number of benzene rings is 1. The van der Waals surface area contributed by atoms with E-state index in [1.165, 1.54) is 11.1 Å². The fourth-order valence-electron chi connectivity index (χ4n) is 4.13. The summed E-state index contributed by atoms with van der Waals surface area (Å²) in [4.78, 5) is 7.13. The summed E-state index contributed by atoms with van der Waals surface area (Å²) in [5.41, 5.74) is 9.51. The van der Waals surface area contributed by atoms with Gasteiger partial charge in [0.25, 0.3) is 0 Å². The number of morpholine rings is 1. The summed E-state index contributed by atoms with van der Waals surface area (Å²) < 4.78 is 20.7. The highest BCUT2D eigenvalue weighted by Gasteiger charge is 2.24. The third kappa shape index (κ3) is 3.45. The summed E-state index contributed by atoms with van der Waals surface area (Å²) in [6.07, 6.45) is 5.95. The number of halogens is 1. The number of hydrogen-bond donors (Lipinski definition) is 1. The highest BCUT2D eigenvalue weighted by Crippen LogP contribution is 2.36. The molecule has 0 saturated carbocycles. The first-order valence-corrected chi connectivity index (χ1v) is 10.8. The summed E-state index contributed by atoms with van der Waals surface area (Å²) in [7, 11) is 0. The van der Waals surface area contributed by atoms with E-state index in [1.807, 2.05) is 24.2 Å². The van der Waals surface area contributed by atoms with Gasteiger partial charge in [-0.3, -0.25) is 8.98 Å². The lowest BCUT2D eigenvalue weighted by Gasteiger charge is -2.30. The number of rotatable bonds is 4. The van der Waals surface area contributed by atoms with E-state index >= 15 is 0 Å². The molecule has 2 aliphatic heterocycles. The van der Waals surface area contributed by atoms with Gasteiger partial charge in [0.2, 0.25) is 0 Å². The van der Waals surface area contributed by atoms with Crippen LogP contribution in [0.5, 0.6) is 0 Å². The summed E-state index contributed by atoms with van der Waals surface area (Å²) in [6.45, 7) is 6.94. The minimum Gasteiger partial charge on any atom is -0.378 e. The van der Waals surface area contributed by atoms with Crippen LogP contribution in [0.25, 0.3) is 11.0 Å². The number of pyridine rings is 1. The fraction of sp³-hybridized carbons (Fsp3) is 0.318. The molecule has 0 radical (unpaired) electrons. The van der Waals surface area contributed by atoms with E-state index in [-0.39, 0.29) is 18.4 Å². The monoisotopic (exact) mass is 425 g/mol. The molecule has 1 N–H and O–H groups in total. The molecule has 2 aliphatic rings. The second-order valence-corrected chi connectivity index (χ2v) is 8.27. The molecular weight excluding hydrogens is 401 g/mol. The van der Waals surface area contributed by atoms with Crippen LogP contribution in [0.3, 0.4) is 0 Å². The van der Waals surface area contributed by atoms with Crippen molar-refractivity contribution in [2.75, 3.05) is 36.2 Å². The van der Waals surface area contributed by atoms with E-state index in [0.29, 0.717) is 13.2 Å². The molecule has 4 heterocycles. The van der Waals surface area contributed by atoms with Gasteiger partial charge in [-0.1, -0.05) is 29.8 Å². The number of fused-ring (bicyclic) bond motifs is 1. The number of aryl methyl sites for hydroxylation is 2. The number of hydrazine groups is 1. The molecule has 6 nitrogen and oxygen atoms in total. The van der Waals surface area contributed by atoms with Gasteiger partial charge in [0.15, 0.2) is 12.3 Å². The van der Waals surface area contributed by atoms with Gasteiger partial charge in [0, 0.05) is 31.6 Å². The highest BCUT2D eigenvalue weighted by molar-refractivity contribution is 7.92. The van der Waals surface area contributed by atoms with Crippen LogP contribution >= 0.6 is 12.3 Å². The van der Waals surface area contributed by atoms with E-state index < -0.39 is 0 Å². The number of nitrogens with zero attached hydrogens (tertiary/aromatic N) is 4. The molecule has 156 valence electrons. The van der Waals surface area contributed by atoms with Crippen molar-refractivity contribution in [2.45, 2.75) is 19.9 Å². The Balaban J connectivity index is 1.53. The van der Waals surface area contributed by atoms with Gasteiger partial charge in [0.05, 0.1) is 30.5 Å². The molecule has 1 atom stereocenters. The predicted octanol–water partition coefficient (Wildman–Crippen LogP) is 4.45. The Kier molecular flexibility index (Phi) is 5.14. The van der Waals surface area contributed by atoms with Crippen LogP contribution in [-0.2, 0) is 4.74 Å². The molecular formula is C22H24FN5OS. The Hall–Kier alpha value is -2.55. The van der Waals surface area contributed by atoms with Gasteiger partial charge >= 0.3 is 0 Å². The Morgan fingerprint density at radius 2 is 2.03 bits per heavy atom. The topological polar surface area (TPSA) is 45.6 Å². The molecule has 1 fully saturated rings. The number of anilines is 2. The van der Waals surface area contributed by atoms with Crippen molar-refractivity contribution >= 4 is 34.9 Å². The summed E-state index contributed by atoms with van der Waals surface area (Å²) in [6, 6.07) is 10.6. The molecule has 0 bridgehead atoms. The van der Waals surface area contributed by atoms with Gasteiger partial charge < -0.3 is 9.64 Å². The van der Waals surface area contributed by atoms with Crippen molar-refractivity contribution in [2.24, 2.45) is 0 Å². The molecule has 0 amide bonds. The first-order chi connectivity index (χ1) is 14.6. The highest BCUT2D eigenvalue weighted by atomic mass is 32.2. The predicted molar refractivity (Wildman–Crippen MR) is 120 cm³/mol. The van der Waals surface area contributed by atoms with Crippen LogP contribution in [0.1, 0.15) is 22.7 Å². The standard InChI is InChI=1S/C22H24FN5OS/c1-15-4-3-5-17(12-15)18-6-7-27(25-18)20-13-19(26-8-10-29-11-9-26)22-21(24-20)16(2)14-28(22)30-23/h3-7,12-14,18,25H,8-11H2,1-2H3. The van der Waals surface area contributed by atoms with Gasteiger partial charge in [0.1, 0.15) is 11.3 Å². The third-order valence-corrected chi connectivity index (χ3v) is 6.08. The zero-order chi connectivity index (χ0) is 20.7. The Labute approximate surface area is 179 Å². The molecule has 0 aliphatic carbocycles. The Morgan fingerprint density at radius 1 is 1.20 bits per heavy atom. The second kappa shape index (κ2) is 7.94. The average molecular weight is 426 g/mol. The van der Waals surface area contributed by atoms with E-state index in [4.69, 9.17) is 9.72 Å². The Morgan fingerprint density at radius 3 is 2.80 bits per heavy atom. The molecule has 1 saturated heterocycles. The average Bonchev–Trinajstić information content (AvgIpc) is 3.39. The SMILES string of the molecule is Cc1cccc(C2C=CN(c3cc(N4CCOCC4)c4c(n3)c(C)cn4SF)N2)c1. The largest absolute Gasteiger partial charge is 0.378 e. The van der Waals surface area contributed by atoms with Crippen LogP contribution in [0, 0.1) is 13.8 Å². The van der Waals surface area contributed by atoms with Crippen molar-refractivity contribution in [3.8, 4) is 0 Å². The molecule has 2 aromatic heterocycles. The Bertz CT molecular complexity index is 1110. The lowest BCUT2D eigenvalue weighted by molar-refractivity contribution is 0.123. The van der Waals surface area contributed by atoms with Crippen LogP contribution in [0.2, 0.25) is 0 Å². The van der Waals surface area contributed by atoms with Crippen molar-refractivity contribution in [1.29, 1.82) is 0 Å². The van der Waals surface area contributed by atoms with Gasteiger partial charge in [-0.05, 0) is 31.1 Å². The fourth-order valence-corrected chi connectivity index (χ4v) is 4.58. The molecule has 1 aromatic carbocycles. The van der Waals surface area contributed by atoms with Crippen LogP contribution in [-0.4, -0.2) is 35.3 Å². The van der Waals surface area contributed by atoms with E-state index in [2.05, 4.69) is 47.6 Å². The number of aromatic nitrogens is 2. The zero-order valence-corrected chi connectivity index (χ0v) is 17.8. The summed E-state index contributed by atoms with van der Waals surface area (Å²) >= 11 is 0.210. The zero-order valence-electron chi connectivity index (χ0n) is 17.0. The number of ether oxygens (including phenoxy) is 1. The van der Waals surface area contributed by atoms with Crippen molar-refractivity contribution in [1.82, 2.24) is 14.4 Å². The van der Waals surface area contributed by atoms with Gasteiger partial charge in [-0.25, -0.2) is 10.4 Å². The molecule has 3 aromatic rings. The minimum atomic E-state index is 0.0846. The van der Waals surface area contributed by atoms with Gasteiger partial charge in [-0.15, -0.1) is 3.89 Å². The second-order valence-electron chi connectivity index (χ2n) is 7.74. The van der Waals surface area contributed by atoms with E-state index in [9.17, 15) is 3.89 Å². The quantitative estimate of drug-likeness (QED) is 0.666. The first kappa shape index (κ1) is 19.4. The summed E-state index contributed by atoms with van der Waals surface area (Å²) in [5, 5.41) is 1.95. The number of hydrogen-bond acceptors (Lipinski definition) is 6. The normalized spacial score (nSPS) is 19.2. The van der Waals surface area contributed by atoms with Crippen LogP contribution in [0.4, 0.5) is 15.4 Å². The third-order valence-electron chi connectivity index (χ3n) is 5.64. The maximum atomic E-state index is 13.7. The van der Waals surface area contributed by atoms with Crippen molar-refractivity contribution in [3.05, 3.63) is 65.5 Å². The maximum absolute atomic E-state index is 13.7. The lowest BCUT2D eigenvalue weighted by atomic mass is 10.1. The van der Waals surface area contributed by atoms with Crippen molar-refractivity contribution in [3.63, 3.8) is 0 Å². The maximum Gasteiger partial charge on any atom is 0.169 e. The van der Waals surface area contributed by atoms with Crippen molar-refractivity contribution < 1.29 is 8.62 Å². The molecule has 8 heteroatoms.